The first kappa shape index (κ1) is 14.8. The fourth-order valence-electron chi connectivity index (χ4n) is 1.49. The quantitative estimate of drug-likeness (QED) is 0.830. The second kappa shape index (κ2) is 6.04. The summed E-state index contributed by atoms with van der Waals surface area (Å²) in [6, 6.07) is 3.99. The predicted octanol–water partition coefficient (Wildman–Crippen LogP) is 3.05. The third-order valence-electron chi connectivity index (χ3n) is 2.22. The van der Waals surface area contributed by atoms with Crippen LogP contribution in [0.5, 0.6) is 5.75 Å². The maximum atomic E-state index is 13.5. The molecule has 6 heteroatoms. The van der Waals surface area contributed by atoms with Gasteiger partial charge in [0.05, 0.1) is 13.0 Å². The van der Waals surface area contributed by atoms with E-state index in [0.717, 1.165) is 6.07 Å². The molecule has 0 spiro atoms. The summed E-state index contributed by atoms with van der Waals surface area (Å²) < 4.78 is 54.3. The molecule has 1 aromatic rings. The Morgan fingerprint density at radius 1 is 1.33 bits per heavy atom. The first-order valence-electron chi connectivity index (χ1n) is 5.52. The molecule has 1 rings (SSSR count). The number of hydrogen-bond acceptors (Lipinski definition) is 2. The van der Waals surface area contributed by atoms with Gasteiger partial charge in [-0.2, -0.15) is 13.2 Å². The van der Waals surface area contributed by atoms with Crippen LogP contribution in [0, 0.1) is 5.82 Å². The first-order valence-corrected chi connectivity index (χ1v) is 5.52. The van der Waals surface area contributed by atoms with Crippen LogP contribution in [0.2, 0.25) is 0 Å². The highest BCUT2D eigenvalue weighted by molar-refractivity contribution is 5.35. The largest absolute Gasteiger partial charge is 0.490 e. The van der Waals surface area contributed by atoms with Crippen molar-refractivity contribution in [2.24, 2.45) is 5.73 Å². The molecule has 2 N–H and O–H groups in total. The smallest absolute Gasteiger partial charge is 0.392 e. The Morgan fingerprint density at radius 2 is 2.00 bits per heavy atom. The number of benzene rings is 1. The molecule has 0 heterocycles. The summed E-state index contributed by atoms with van der Waals surface area (Å²) in [5.74, 6) is -0.811. The molecule has 0 aliphatic rings. The maximum absolute atomic E-state index is 13.5. The molecule has 0 radical (unpaired) electrons. The van der Waals surface area contributed by atoms with Gasteiger partial charge >= 0.3 is 6.18 Å². The lowest BCUT2D eigenvalue weighted by Gasteiger charge is -2.14. The average molecular weight is 265 g/mol. The van der Waals surface area contributed by atoms with Crippen molar-refractivity contribution in [1.82, 2.24) is 0 Å². The van der Waals surface area contributed by atoms with Crippen molar-refractivity contribution in [1.29, 1.82) is 0 Å². The van der Waals surface area contributed by atoms with E-state index in [1.54, 1.807) is 13.0 Å². The Bertz CT molecular complexity index is 390. The lowest BCUT2D eigenvalue weighted by atomic mass is 10.1. The van der Waals surface area contributed by atoms with Crippen LogP contribution >= 0.6 is 0 Å². The van der Waals surface area contributed by atoms with Gasteiger partial charge in [0.15, 0.2) is 11.6 Å². The van der Waals surface area contributed by atoms with E-state index in [-0.39, 0.29) is 11.8 Å². The molecular weight excluding hydrogens is 250 g/mol. The molecule has 2 nitrogen and oxygen atoms in total. The van der Waals surface area contributed by atoms with Crippen LogP contribution in [0.15, 0.2) is 18.2 Å². The van der Waals surface area contributed by atoms with Crippen LogP contribution < -0.4 is 10.5 Å². The number of hydrogen-bond donors (Lipinski definition) is 1. The molecule has 0 saturated carbocycles. The zero-order valence-electron chi connectivity index (χ0n) is 9.93. The number of para-hydroxylation sites is 1. The maximum Gasteiger partial charge on any atom is 0.392 e. The van der Waals surface area contributed by atoms with Gasteiger partial charge in [0.2, 0.25) is 0 Å². The Hall–Kier alpha value is -1.30. The third kappa shape index (κ3) is 4.91. The number of ether oxygens (including phenoxy) is 1. The SMILES string of the molecule is CC(N)Cc1cccc(F)c1OCCC(F)(F)F. The molecule has 18 heavy (non-hydrogen) atoms. The molecule has 0 aliphatic heterocycles. The highest BCUT2D eigenvalue weighted by Gasteiger charge is 2.27. The van der Waals surface area contributed by atoms with Crippen molar-refractivity contribution in [3.05, 3.63) is 29.6 Å². The molecule has 0 amide bonds. The van der Waals surface area contributed by atoms with E-state index in [1.165, 1.54) is 6.07 Å². The zero-order valence-corrected chi connectivity index (χ0v) is 9.93. The molecule has 1 unspecified atom stereocenters. The number of nitrogens with two attached hydrogens (primary N) is 1. The highest BCUT2D eigenvalue weighted by atomic mass is 19.4. The van der Waals surface area contributed by atoms with Crippen LogP contribution in [0.4, 0.5) is 17.6 Å². The fraction of sp³-hybridized carbons (Fsp3) is 0.500. The van der Waals surface area contributed by atoms with Crippen molar-refractivity contribution in [3.8, 4) is 5.75 Å². The van der Waals surface area contributed by atoms with Gasteiger partial charge in [-0.25, -0.2) is 4.39 Å². The van der Waals surface area contributed by atoms with E-state index in [1.807, 2.05) is 0 Å². The molecule has 0 aliphatic carbocycles. The molecule has 0 fully saturated rings. The molecule has 1 atom stereocenters. The van der Waals surface area contributed by atoms with E-state index in [2.05, 4.69) is 0 Å². The van der Waals surface area contributed by atoms with Crippen LogP contribution in [0.3, 0.4) is 0 Å². The number of alkyl halides is 3. The summed E-state index contributed by atoms with van der Waals surface area (Å²) in [5.41, 5.74) is 6.06. The minimum absolute atomic E-state index is 0.140. The van der Waals surface area contributed by atoms with E-state index in [9.17, 15) is 17.6 Å². The Kier molecular flexibility index (Phi) is 4.95. The van der Waals surface area contributed by atoms with Crippen molar-refractivity contribution >= 4 is 0 Å². The third-order valence-corrected chi connectivity index (χ3v) is 2.22. The zero-order chi connectivity index (χ0) is 13.8. The van der Waals surface area contributed by atoms with Gasteiger partial charge < -0.3 is 10.5 Å². The first-order chi connectivity index (χ1) is 8.29. The van der Waals surface area contributed by atoms with Crippen LogP contribution in [-0.2, 0) is 6.42 Å². The van der Waals surface area contributed by atoms with Gasteiger partial charge in [-0.1, -0.05) is 12.1 Å². The van der Waals surface area contributed by atoms with Gasteiger partial charge in [0, 0.05) is 6.04 Å². The summed E-state index contributed by atoms with van der Waals surface area (Å²) in [4.78, 5) is 0. The summed E-state index contributed by atoms with van der Waals surface area (Å²) in [5, 5.41) is 0. The summed E-state index contributed by atoms with van der Waals surface area (Å²) >= 11 is 0. The average Bonchev–Trinajstić information content (AvgIpc) is 2.19. The molecule has 0 bridgehead atoms. The predicted molar refractivity (Wildman–Crippen MR) is 59.9 cm³/mol. The summed E-state index contributed by atoms with van der Waals surface area (Å²) in [6.07, 6.45) is -5.08. The van der Waals surface area contributed by atoms with Gasteiger partial charge in [0.1, 0.15) is 0 Å². The summed E-state index contributed by atoms with van der Waals surface area (Å²) in [7, 11) is 0. The second-order valence-corrected chi connectivity index (χ2v) is 4.12. The van der Waals surface area contributed by atoms with E-state index >= 15 is 0 Å². The van der Waals surface area contributed by atoms with E-state index in [0.29, 0.717) is 12.0 Å². The van der Waals surface area contributed by atoms with Gasteiger partial charge in [-0.05, 0) is 25.0 Å². The lowest BCUT2D eigenvalue weighted by molar-refractivity contribution is -0.139. The molecular formula is C12H15F4NO. The van der Waals surface area contributed by atoms with Crippen molar-refractivity contribution < 1.29 is 22.3 Å². The molecule has 0 aromatic heterocycles. The second-order valence-electron chi connectivity index (χ2n) is 4.12. The molecule has 1 aromatic carbocycles. The van der Waals surface area contributed by atoms with Gasteiger partial charge in [0.25, 0.3) is 0 Å². The normalized spacial score (nSPS) is 13.4. The lowest BCUT2D eigenvalue weighted by Crippen LogP contribution is -2.19. The van der Waals surface area contributed by atoms with Crippen LogP contribution in [0.25, 0.3) is 0 Å². The van der Waals surface area contributed by atoms with Gasteiger partial charge in [-0.15, -0.1) is 0 Å². The van der Waals surface area contributed by atoms with Crippen molar-refractivity contribution in [2.45, 2.75) is 32.0 Å². The number of halogens is 4. The Labute approximate surface area is 103 Å². The van der Waals surface area contributed by atoms with Crippen LogP contribution in [0.1, 0.15) is 18.9 Å². The highest BCUT2D eigenvalue weighted by Crippen LogP contribution is 2.26. The van der Waals surface area contributed by atoms with E-state index < -0.39 is 25.0 Å². The monoisotopic (exact) mass is 265 g/mol. The van der Waals surface area contributed by atoms with Crippen molar-refractivity contribution in [3.63, 3.8) is 0 Å². The molecule has 0 saturated heterocycles. The fourth-order valence-corrected chi connectivity index (χ4v) is 1.49. The standard InChI is InChI=1S/C12H15F4NO/c1-8(17)7-9-3-2-4-10(13)11(9)18-6-5-12(14,15)16/h2-4,8H,5-7,17H2,1H3. The molecule has 102 valence electrons. The van der Waals surface area contributed by atoms with Crippen molar-refractivity contribution in [2.75, 3.05) is 6.61 Å². The topological polar surface area (TPSA) is 35.2 Å². The van der Waals surface area contributed by atoms with Gasteiger partial charge in [-0.3, -0.25) is 0 Å². The Balaban J connectivity index is 2.73. The summed E-state index contributed by atoms with van der Waals surface area (Å²) in [6.45, 7) is 1.13. The minimum atomic E-state index is -4.31. The Morgan fingerprint density at radius 3 is 2.56 bits per heavy atom. The minimum Gasteiger partial charge on any atom is -0.490 e. The van der Waals surface area contributed by atoms with Crippen LogP contribution in [-0.4, -0.2) is 18.8 Å². The van der Waals surface area contributed by atoms with E-state index in [4.69, 9.17) is 10.5 Å². The number of rotatable bonds is 5.